The van der Waals surface area contributed by atoms with Gasteiger partial charge in [-0.1, -0.05) is 22.0 Å². The van der Waals surface area contributed by atoms with E-state index < -0.39 is 0 Å². The monoisotopic (exact) mass is 365 g/mol. The maximum absolute atomic E-state index is 13.6. The van der Waals surface area contributed by atoms with Gasteiger partial charge in [0.05, 0.1) is 6.42 Å². The third kappa shape index (κ3) is 3.39. The van der Waals surface area contributed by atoms with Crippen molar-refractivity contribution in [3.05, 3.63) is 57.8 Å². The van der Waals surface area contributed by atoms with Gasteiger partial charge in [0.25, 0.3) is 0 Å². The number of fused-ring (bicyclic) bond motifs is 1. The number of carbonyl (C=O) groups excluding carboxylic acids is 1. The first kappa shape index (κ1) is 14.8. The Morgan fingerprint density at radius 1 is 1.18 bits per heavy atom. The topological polar surface area (TPSA) is 47.6 Å². The number of halogens is 2. The van der Waals surface area contributed by atoms with Crippen LogP contribution in [0.4, 0.5) is 4.39 Å². The lowest BCUT2D eigenvalue weighted by Gasteiger charge is -2.07. The lowest BCUT2D eigenvalue weighted by atomic mass is 10.1. The van der Waals surface area contributed by atoms with E-state index in [2.05, 4.69) is 21.2 Å². The van der Waals surface area contributed by atoms with Crippen molar-refractivity contribution in [3.63, 3.8) is 0 Å². The Kier molecular flexibility index (Phi) is 4.29. The summed E-state index contributed by atoms with van der Waals surface area (Å²) >= 11 is 3.27. The molecule has 0 aliphatic carbocycles. The first-order valence-electron chi connectivity index (χ1n) is 6.71. The Labute approximate surface area is 135 Å². The highest BCUT2D eigenvalue weighted by molar-refractivity contribution is 9.10. The summed E-state index contributed by atoms with van der Waals surface area (Å²) in [6.45, 7) is 0.568. The molecule has 2 aromatic rings. The zero-order valence-corrected chi connectivity index (χ0v) is 13.2. The SMILES string of the molecule is O=C(Cc1cc(Br)ccc1F)NCc1ccc2c(c1)OCO2. The molecule has 22 heavy (non-hydrogen) atoms. The van der Waals surface area contributed by atoms with Gasteiger partial charge in [-0.3, -0.25) is 4.79 Å². The van der Waals surface area contributed by atoms with Crippen molar-refractivity contribution in [2.24, 2.45) is 0 Å². The number of hydrogen-bond acceptors (Lipinski definition) is 3. The lowest BCUT2D eigenvalue weighted by Crippen LogP contribution is -2.24. The lowest BCUT2D eigenvalue weighted by molar-refractivity contribution is -0.120. The molecule has 114 valence electrons. The van der Waals surface area contributed by atoms with Crippen molar-refractivity contribution in [1.29, 1.82) is 0 Å². The molecule has 0 fully saturated rings. The minimum Gasteiger partial charge on any atom is -0.454 e. The van der Waals surface area contributed by atoms with Crippen LogP contribution in [0.2, 0.25) is 0 Å². The quantitative estimate of drug-likeness (QED) is 0.904. The van der Waals surface area contributed by atoms with Gasteiger partial charge in [0.15, 0.2) is 11.5 Å². The fraction of sp³-hybridized carbons (Fsp3) is 0.188. The predicted molar refractivity (Wildman–Crippen MR) is 82.2 cm³/mol. The standard InChI is InChI=1S/C16H13BrFNO3/c17-12-2-3-13(18)11(6-12)7-16(20)19-8-10-1-4-14-15(5-10)22-9-21-14/h1-6H,7-9H2,(H,19,20). The van der Waals surface area contributed by atoms with Gasteiger partial charge < -0.3 is 14.8 Å². The first-order valence-corrected chi connectivity index (χ1v) is 7.50. The molecule has 0 aromatic heterocycles. The van der Waals surface area contributed by atoms with E-state index in [0.717, 1.165) is 10.0 Å². The van der Waals surface area contributed by atoms with Gasteiger partial charge in [0.1, 0.15) is 5.82 Å². The summed E-state index contributed by atoms with van der Waals surface area (Å²) in [5, 5.41) is 2.77. The van der Waals surface area contributed by atoms with Crippen LogP contribution in [-0.2, 0) is 17.8 Å². The number of benzene rings is 2. The Morgan fingerprint density at radius 3 is 2.86 bits per heavy atom. The van der Waals surface area contributed by atoms with Crippen LogP contribution in [-0.4, -0.2) is 12.7 Å². The van der Waals surface area contributed by atoms with Crippen molar-refractivity contribution in [2.45, 2.75) is 13.0 Å². The van der Waals surface area contributed by atoms with Gasteiger partial charge in [-0.2, -0.15) is 0 Å². The highest BCUT2D eigenvalue weighted by Gasteiger charge is 2.14. The smallest absolute Gasteiger partial charge is 0.231 e. The molecule has 0 unspecified atom stereocenters. The van der Waals surface area contributed by atoms with Crippen LogP contribution >= 0.6 is 15.9 Å². The molecule has 1 heterocycles. The van der Waals surface area contributed by atoms with Gasteiger partial charge in [-0.15, -0.1) is 0 Å². The summed E-state index contributed by atoms with van der Waals surface area (Å²) in [5.74, 6) is 0.743. The van der Waals surface area contributed by atoms with E-state index >= 15 is 0 Å². The summed E-state index contributed by atoms with van der Waals surface area (Å²) < 4.78 is 24.9. The molecule has 1 amide bonds. The molecule has 1 aliphatic rings. The zero-order chi connectivity index (χ0) is 15.5. The summed E-state index contributed by atoms with van der Waals surface area (Å²) in [6.07, 6.45) is -0.00414. The van der Waals surface area contributed by atoms with Crippen LogP contribution in [0, 0.1) is 5.82 Å². The van der Waals surface area contributed by atoms with Crippen molar-refractivity contribution < 1.29 is 18.7 Å². The second-order valence-corrected chi connectivity index (χ2v) is 5.79. The maximum Gasteiger partial charge on any atom is 0.231 e. The number of nitrogens with one attached hydrogen (secondary N) is 1. The van der Waals surface area contributed by atoms with Crippen LogP contribution in [0.1, 0.15) is 11.1 Å². The molecule has 1 aliphatic heterocycles. The van der Waals surface area contributed by atoms with Crippen LogP contribution in [0.25, 0.3) is 0 Å². The number of rotatable bonds is 4. The van der Waals surface area contributed by atoms with E-state index in [1.165, 1.54) is 6.07 Å². The molecule has 6 heteroatoms. The van der Waals surface area contributed by atoms with E-state index in [1.54, 1.807) is 18.2 Å². The van der Waals surface area contributed by atoms with Gasteiger partial charge in [0, 0.05) is 11.0 Å². The van der Waals surface area contributed by atoms with E-state index in [4.69, 9.17) is 9.47 Å². The second-order valence-electron chi connectivity index (χ2n) is 4.88. The summed E-state index contributed by atoms with van der Waals surface area (Å²) in [6, 6.07) is 10.0. The normalized spacial score (nSPS) is 12.3. The Bertz CT molecular complexity index is 721. The molecule has 4 nitrogen and oxygen atoms in total. The van der Waals surface area contributed by atoms with E-state index in [0.29, 0.717) is 23.6 Å². The summed E-state index contributed by atoms with van der Waals surface area (Å²) in [7, 11) is 0. The molecule has 3 rings (SSSR count). The Balaban J connectivity index is 1.59. The predicted octanol–water partition coefficient (Wildman–Crippen LogP) is 3.18. The summed E-state index contributed by atoms with van der Waals surface area (Å²) in [5.41, 5.74) is 1.25. The molecule has 0 radical (unpaired) electrons. The van der Waals surface area contributed by atoms with Crippen LogP contribution in [0.5, 0.6) is 11.5 Å². The molecule has 0 saturated heterocycles. The minimum atomic E-state index is -0.388. The fourth-order valence-electron chi connectivity index (χ4n) is 2.17. The maximum atomic E-state index is 13.6. The van der Waals surface area contributed by atoms with Gasteiger partial charge >= 0.3 is 0 Å². The van der Waals surface area contributed by atoms with Gasteiger partial charge in [-0.05, 0) is 41.5 Å². The number of ether oxygens (including phenoxy) is 2. The highest BCUT2D eigenvalue weighted by Crippen LogP contribution is 2.32. The van der Waals surface area contributed by atoms with Crippen molar-refractivity contribution in [1.82, 2.24) is 5.32 Å². The van der Waals surface area contributed by atoms with Crippen molar-refractivity contribution >= 4 is 21.8 Å². The molecule has 0 spiro atoms. The highest BCUT2D eigenvalue weighted by atomic mass is 79.9. The number of hydrogen-bond donors (Lipinski definition) is 1. The Hall–Kier alpha value is -2.08. The molecule has 1 N–H and O–H groups in total. The minimum absolute atomic E-state index is 0.00414. The second kappa shape index (κ2) is 6.36. The van der Waals surface area contributed by atoms with E-state index in [9.17, 15) is 9.18 Å². The van der Waals surface area contributed by atoms with E-state index in [1.807, 2.05) is 12.1 Å². The third-order valence-corrected chi connectivity index (χ3v) is 3.78. The van der Waals surface area contributed by atoms with Crippen LogP contribution < -0.4 is 14.8 Å². The molecular formula is C16H13BrFNO3. The largest absolute Gasteiger partial charge is 0.454 e. The van der Waals surface area contributed by atoms with Crippen molar-refractivity contribution in [2.75, 3.05) is 6.79 Å². The average molecular weight is 366 g/mol. The molecule has 0 bridgehead atoms. The summed E-state index contributed by atoms with van der Waals surface area (Å²) in [4.78, 5) is 11.9. The molecule has 0 atom stereocenters. The van der Waals surface area contributed by atoms with Crippen LogP contribution in [0.15, 0.2) is 40.9 Å². The first-order chi connectivity index (χ1) is 10.6. The van der Waals surface area contributed by atoms with Gasteiger partial charge in [0.2, 0.25) is 12.7 Å². The molecular weight excluding hydrogens is 353 g/mol. The number of amides is 1. The average Bonchev–Trinajstić information content (AvgIpc) is 2.96. The van der Waals surface area contributed by atoms with Gasteiger partial charge in [-0.25, -0.2) is 4.39 Å². The molecule has 0 saturated carbocycles. The number of carbonyl (C=O) groups is 1. The third-order valence-electron chi connectivity index (χ3n) is 3.29. The molecule has 2 aromatic carbocycles. The fourth-order valence-corrected chi connectivity index (χ4v) is 2.57. The van der Waals surface area contributed by atoms with Crippen LogP contribution in [0.3, 0.4) is 0 Å². The van der Waals surface area contributed by atoms with Crippen molar-refractivity contribution in [3.8, 4) is 11.5 Å². The zero-order valence-electron chi connectivity index (χ0n) is 11.6. The Morgan fingerprint density at radius 2 is 2.00 bits per heavy atom. The van der Waals surface area contributed by atoms with E-state index in [-0.39, 0.29) is 24.9 Å².